The Balaban J connectivity index is 1.79. The zero-order valence-corrected chi connectivity index (χ0v) is 12.6. The smallest absolute Gasteiger partial charge is 0.152 e. The van der Waals surface area contributed by atoms with Crippen LogP contribution in [0.2, 0.25) is 0 Å². The lowest BCUT2D eigenvalue weighted by Crippen LogP contribution is -2.43. The van der Waals surface area contributed by atoms with E-state index in [9.17, 15) is 8.42 Å². The van der Waals surface area contributed by atoms with E-state index < -0.39 is 9.84 Å². The van der Waals surface area contributed by atoms with Gasteiger partial charge >= 0.3 is 0 Å². The summed E-state index contributed by atoms with van der Waals surface area (Å²) >= 11 is 0. The number of para-hydroxylation sites is 2. The fourth-order valence-corrected chi connectivity index (χ4v) is 4.92. The van der Waals surface area contributed by atoms with Crippen molar-refractivity contribution in [2.45, 2.75) is 25.4 Å². The number of aromatic nitrogens is 2. The van der Waals surface area contributed by atoms with E-state index in [1.165, 1.54) is 0 Å². The largest absolute Gasteiger partial charge is 0.330 e. The topological polar surface area (TPSA) is 64.0 Å². The second-order valence-electron chi connectivity index (χ2n) is 5.83. The van der Waals surface area contributed by atoms with Gasteiger partial charge in [0, 0.05) is 12.6 Å². The maximum atomic E-state index is 11.6. The molecule has 5 nitrogen and oxygen atoms in total. The van der Waals surface area contributed by atoms with Gasteiger partial charge in [0.2, 0.25) is 0 Å². The molecule has 2 heterocycles. The molecule has 1 atom stereocenters. The van der Waals surface area contributed by atoms with Crippen LogP contribution in [0.1, 0.15) is 19.2 Å². The first-order valence-corrected chi connectivity index (χ1v) is 8.57. The third-order valence-corrected chi connectivity index (χ3v) is 5.96. The zero-order valence-electron chi connectivity index (χ0n) is 11.8. The van der Waals surface area contributed by atoms with Crippen LogP contribution in [0.25, 0.3) is 11.0 Å². The molecular formula is C14H19N3O2S. The molecule has 20 heavy (non-hydrogen) atoms. The summed E-state index contributed by atoms with van der Waals surface area (Å²) in [7, 11) is -0.897. The number of hydrogen-bond acceptors (Lipinski definition) is 4. The molecular weight excluding hydrogens is 274 g/mol. The van der Waals surface area contributed by atoms with Gasteiger partial charge in [-0.05, 0) is 25.5 Å². The van der Waals surface area contributed by atoms with Gasteiger partial charge in [-0.15, -0.1) is 0 Å². The second-order valence-corrected chi connectivity index (χ2v) is 8.02. The molecule has 1 saturated heterocycles. The third kappa shape index (κ3) is 2.45. The molecule has 1 N–H and O–H groups in total. The first-order chi connectivity index (χ1) is 9.39. The molecule has 2 aromatic rings. The molecule has 1 unspecified atom stereocenters. The maximum Gasteiger partial charge on any atom is 0.152 e. The molecule has 1 aliphatic rings. The fraction of sp³-hybridized carbons (Fsp3) is 0.500. The van der Waals surface area contributed by atoms with Crippen molar-refractivity contribution in [3.8, 4) is 0 Å². The number of benzene rings is 1. The Morgan fingerprint density at radius 3 is 2.80 bits per heavy atom. The predicted molar refractivity (Wildman–Crippen MR) is 79.2 cm³/mol. The van der Waals surface area contributed by atoms with Crippen molar-refractivity contribution in [2.24, 2.45) is 7.05 Å². The summed E-state index contributed by atoms with van der Waals surface area (Å²) < 4.78 is 25.3. The number of imidazole rings is 1. The van der Waals surface area contributed by atoms with Gasteiger partial charge in [0.25, 0.3) is 0 Å². The quantitative estimate of drug-likeness (QED) is 0.925. The van der Waals surface area contributed by atoms with E-state index in [4.69, 9.17) is 0 Å². The molecule has 1 aromatic heterocycles. The molecule has 1 fully saturated rings. The van der Waals surface area contributed by atoms with E-state index in [0.717, 1.165) is 16.9 Å². The van der Waals surface area contributed by atoms with Crippen molar-refractivity contribution in [1.82, 2.24) is 14.9 Å². The summed E-state index contributed by atoms with van der Waals surface area (Å²) in [6, 6.07) is 7.98. The number of aryl methyl sites for hydroxylation is 1. The fourth-order valence-electron chi connectivity index (χ4n) is 2.80. The van der Waals surface area contributed by atoms with Gasteiger partial charge in [-0.3, -0.25) is 0 Å². The molecule has 1 aromatic carbocycles. The summed E-state index contributed by atoms with van der Waals surface area (Å²) in [5.41, 5.74) is 1.72. The van der Waals surface area contributed by atoms with Crippen LogP contribution in [0.3, 0.4) is 0 Å². The first-order valence-electron chi connectivity index (χ1n) is 6.74. The van der Waals surface area contributed by atoms with Crippen LogP contribution in [0, 0.1) is 0 Å². The minimum atomic E-state index is -2.88. The number of hydrogen-bond donors (Lipinski definition) is 1. The molecule has 0 aliphatic carbocycles. The van der Waals surface area contributed by atoms with E-state index in [1.807, 2.05) is 38.2 Å². The molecule has 0 spiro atoms. The number of nitrogens with one attached hydrogen (secondary N) is 1. The highest BCUT2D eigenvalue weighted by atomic mass is 32.2. The summed E-state index contributed by atoms with van der Waals surface area (Å²) in [6.07, 6.45) is 0.666. The molecule has 3 rings (SSSR count). The Morgan fingerprint density at radius 1 is 1.40 bits per heavy atom. The van der Waals surface area contributed by atoms with E-state index in [0.29, 0.717) is 13.0 Å². The lowest BCUT2D eigenvalue weighted by atomic mass is 10.0. The normalized spacial score (nSPS) is 25.3. The van der Waals surface area contributed by atoms with E-state index in [2.05, 4.69) is 14.9 Å². The van der Waals surface area contributed by atoms with Crippen molar-refractivity contribution >= 4 is 20.9 Å². The SMILES string of the molecule is Cn1c(CNC2(C)CCS(=O)(=O)C2)nc2ccccc21. The van der Waals surface area contributed by atoms with Crippen LogP contribution in [-0.2, 0) is 23.4 Å². The molecule has 0 bridgehead atoms. The highest BCUT2D eigenvalue weighted by molar-refractivity contribution is 7.91. The first kappa shape index (κ1) is 13.6. The number of rotatable bonds is 3. The van der Waals surface area contributed by atoms with Gasteiger partial charge < -0.3 is 9.88 Å². The van der Waals surface area contributed by atoms with Crippen LogP contribution >= 0.6 is 0 Å². The van der Waals surface area contributed by atoms with Crippen LogP contribution in [0.15, 0.2) is 24.3 Å². The molecule has 0 radical (unpaired) electrons. The van der Waals surface area contributed by atoms with Crippen molar-refractivity contribution in [3.63, 3.8) is 0 Å². The van der Waals surface area contributed by atoms with Crippen molar-refractivity contribution in [1.29, 1.82) is 0 Å². The van der Waals surface area contributed by atoms with Crippen LogP contribution in [0.5, 0.6) is 0 Å². The van der Waals surface area contributed by atoms with Gasteiger partial charge in [0.15, 0.2) is 9.84 Å². The summed E-state index contributed by atoms with van der Waals surface area (Å²) in [5.74, 6) is 1.42. The van der Waals surface area contributed by atoms with Crippen LogP contribution in [-0.4, -0.2) is 35.0 Å². The Hall–Kier alpha value is -1.40. The Bertz CT molecular complexity index is 751. The van der Waals surface area contributed by atoms with Crippen molar-refractivity contribution in [2.75, 3.05) is 11.5 Å². The summed E-state index contributed by atoms with van der Waals surface area (Å²) in [6.45, 7) is 2.55. The Kier molecular flexibility index (Phi) is 3.10. The van der Waals surface area contributed by atoms with E-state index in [-0.39, 0.29) is 17.0 Å². The van der Waals surface area contributed by atoms with Gasteiger partial charge in [-0.1, -0.05) is 12.1 Å². The van der Waals surface area contributed by atoms with Crippen LogP contribution in [0.4, 0.5) is 0 Å². The Morgan fingerprint density at radius 2 is 2.15 bits per heavy atom. The second kappa shape index (κ2) is 4.56. The van der Waals surface area contributed by atoms with Crippen molar-refractivity contribution < 1.29 is 8.42 Å². The monoisotopic (exact) mass is 293 g/mol. The zero-order chi connectivity index (χ0) is 14.4. The predicted octanol–water partition coefficient (Wildman–Crippen LogP) is 1.24. The number of sulfone groups is 1. The molecule has 0 saturated carbocycles. The van der Waals surface area contributed by atoms with Crippen molar-refractivity contribution in [3.05, 3.63) is 30.1 Å². The van der Waals surface area contributed by atoms with E-state index >= 15 is 0 Å². The average Bonchev–Trinajstić information content (AvgIpc) is 2.86. The number of nitrogens with zero attached hydrogens (tertiary/aromatic N) is 2. The van der Waals surface area contributed by atoms with Gasteiger partial charge in [-0.2, -0.15) is 0 Å². The van der Waals surface area contributed by atoms with Crippen LogP contribution < -0.4 is 5.32 Å². The van der Waals surface area contributed by atoms with E-state index in [1.54, 1.807) is 0 Å². The number of fused-ring (bicyclic) bond motifs is 1. The summed E-state index contributed by atoms with van der Waals surface area (Å²) in [4.78, 5) is 4.59. The minimum Gasteiger partial charge on any atom is -0.330 e. The molecule has 108 valence electrons. The lowest BCUT2D eigenvalue weighted by Gasteiger charge is -2.23. The average molecular weight is 293 g/mol. The lowest BCUT2D eigenvalue weighted by molar-refractivity contribution is 0.388. The maximum absolute atomic E-state index is 11.6. The molecule has 6 heteroatoms. The summed E-state index contributed by atoms with van der Waals surface area (Å²) in [5, 5.41) is 3.37. The highest BCUT2D eigenvalue weighted by Gasteiger charge is 2.38. The molecule has 1 aliphatic heterocycles. The molecule has 0 amide bonds. The van der Waals surface area contributed by atoms with Gasteiger partial charge in [0.1, 0.15) is 5.82 Å². The van der Waals surface area contributed by atoms with Gasteiger partial charge in [0.05, 0.1) is 29.1 Å². The third-order valence-electron chi connectivity index (χ3n) is 4.06. The highest BCUT2D eigenvalue weighted by Crippen LogP contribution is 2.23. The minimum absolute atomic E-state index is 0.212. The standard InChI is InChI=1S/C14H19N3O2S/c1-14(7-8-20(18,19)10-14)15-9-13-16-11-5-3-4-6-12(11)17(13)2/h3-6,15H,7-10H2,1-2H3. The van der Waals surface area contributed by atoms with Gasteiger partial charge in [-0.25, -0.2) is 13.4 Å². The Labute approximate surface area is 118 Å².